The van der Waals surface area contributed by atoms with Crippen molar-refractivity contribution in [3.63, 3.8) is 0 Å². The second kappa shape index (κ2) is 18.1. The number of rotatable bonds is 12. The molecule has 2 N–H and O–H groups in total. The molecule has 52 heavy (non-hydrogen) atoms. The molecule has 4 aromatic carbocycles. The van der Waals surface area contributed by atoms with Gasteiger partial charge in [-0.15, -0.1) is 12.4 Å². The maximum atomic E-state index is 14.7. The average Bonchev–Trinajstić information content (AvgIpc) is 4.02. The van der Waals surface area contributed by atoms with Crippen molar-refractivity contribution < 1.29 is 27.8 Å². The first kappa shape index (κ1) is 40.7. The maximum Gasteiger partial charge on any atom is 0.307 e. The monoisotopic (exact) mass is 731 g/mol. The second-order valence-electron chi connectivity index (χ2n) is 14.1. The molecule has 0 spiro atoms. The molecule has 0 bridgehead atoms. The molecule has 0 aliphatic heterocycles. The summed E-state index contributed by atoms with van der Waals surface area (Å²) >= 11 is 0. The third-order valence-electron chi connectivity index (χ3n) is 9.87. The van der Waals surface area contributed by atoms with Crippen LogP contribution in [0.2, 0.25) is 0 Å². The van der Waals surface area contributed by atoms with E-state index >= 15 is 0 Å². The Kier molecular flexibility index (Phi) is 14.2. The van der Waals surface area contributed by atoms with Crippen LogP contribution in [-0.4, -0.2) is 25.2 Å². The first-order valence-corrected chi connectivity index (χ1v) is 18.3. The SMILES string of the molecule is CCOC(=O)C[C@H](C)c1cc(-c2ccccc2C2CC2)cc(C)c1F.CCOC(=O)C[C@H](N)c1cc(-c2c(C)cccc2C2CC2)cc(C)c1F.Cl. The zero-order valence-electron chi connectivity index (χ0n) is 31.2. The quantitative estimate of drug-likeness (QED) is 0.147. The Morgan fingerprint density at radius 1 is 0.712 bits per heavy atom. The van der Waals surface area contributed by atoms with E-state index in [0.717, 1.165) is 11.1 Å². The molecule has 2 fully saturated rings. The van der Waals surface area contributed by atoms with E-state index in [0.29, 0.717) is 47.3 Å². The topological polar surface area (TPSA) is 78.6 Å². The van der Waals surface area contributed by atoms with Crippen molar-refractivity contribution in [2.24, 2.45) is 5.73 Å². The average molecular weight is 732 g/mol. The summed E-state index contributed by atoms with van der Waals surface area (Å²) in [6.45, 7) is 11.7. The summed E-state index contributed by atoms with van der Waals surface area (Å²) in [4.78, 5) is 23.5. The number of nitrogens with two attached hydrogens (primary N) is 1. The first-order chi connectivity index (χ1) is 24.4. The van der Waals surface area contributed by atoms with Crippen molar-refractivity contribution in [2.45, 2.75) is 104 Å². The molecule has 2 aliphatic rings. The summed E-state index contributed by atoms with van der Waals surface area (Å²) in [7, 11) is 0. The van der Waals surface area contributed by atoms with E-state index in [9.17, 15) is 18.4 Å². The predicted molar refractivity (Wildman–Crippen MR) is 207 cm³/mol. The number of esters is 2. The normalized spacial score (nSPS) is 14.7. The van der Waals surface area contributed by atoms with Crippen molar-refractivity contribution in [3.8, 4) is 22.3 Å². The highest BCUT2D eigenvalue weighted by molar-refractivity contribution is 5.85. The van der Waals surface area contributed by atoms with Crippen molar-refractivity contribution >= 4 is 24.3 Å². The molecular formula is C44H52ClF2NO4. The van der Waals surface area contributed by atoms with Gasteiger partial charge in [0.05, 0.1) is 26.1 Å². The maximum absolute atomic E-state index is 14.7. The Morgan fingerprint density at radius 2 is 1.23 bits per heavy atom. The Balaban J connectivity index is 0.000000228. The summed E-state index contributed by atoms with van der Waals surface area (Å²) < 4.78 is 39.4. The summed E-state index contributed by atoms with van der Waals surface area (Å²) in [6, 6.07) is 21.5. The predicted octanol–water partition coefficient (Wildman–Crippen LogP) is 11.1. The fraction of sp³-hybridized carbons (Fsp3) is 0.409. The van der Waals surface area contributed by atoms with E-state index in [-0.39, 0.29) is 48.8 Å². The summed E-state index contributed by atoms with van der Waals surface area (Å²) in [5.74, 6) is -0.246. The van der Waals surface area contributed by atoms with Gasteiger partial charge in [-0.25, -0.2) is 8.78 Å². The zero-order valence-corrected chi connectivity index (χ0v) is 32.0. The second-order valence-corrected chi connectivity index (χ2v) is 14.1. The standard InChI is InChI=1S/C22H26FNO2.C22H25FO2.ClH/c1-4-26-20(25)12-19(24)18-11-16(10-14(3)22(18)23)21-13(2)6-5-7-17(21)15-8-9-15;1-4-25-21(24)12-14(2)20-13-17(11-15(3)22(20)23)19-8-6-5-7-18(19)16-9-10-16;/h5-7,10-11,15,19H,4,8-9,12,24H2,1-3H3;5-8,11,13-14,16H,4,9-10,12H2,1-3H3;1H/t19-;14-;/m00./s1. The first-order valence-electron chi connectivity index (χ1n) is 18.3. The molecule has 2 saturated carbocycles. The molecule has 0 unspecified atom stereocenters. The van der Waals surface area contributed by atoms with Crippen molar-refractivity contribution in [2.75, 3.05) is 13.2 Å². The van der Waals surface area contributed by atoms with Crippen molar-refractivity contribution in [1.82, 2.24) is 0 Å². The van der Waals surface area contributed by atoms with Gasteiger partial charge in [-0.1, -0.05) is 49.4 Å². The summed E-state index contributed by atoms with van der Waals surface area (Å²) in [5.41, 5.74) is 16.5. The van der Waals surface area contributed by atoms with Gasteiger partial charge in [0.25, 0.3) is 0 Å². The molecule has 2 atom stereocenters. The van der Waals surface area contributed by atoms with Crippen LogP contribution in [0.25, 0.3) is 22.3 Å². The van der Waals surface area contributed by atoms with Gasteiger partial charge in [-0.3, -0.25) is 9.59 Å². The van der Waals surface area contributed by atoms with Crippen LogP contribution < -0.4 is 5.73 Å². The smallest absolute Gasteiger partial charge is 0.307 e. The van der Waals surface area contributed by atoms with Crippen LogP contribution in [0, 0.1) is 32.4 Å². The van der Waals surface area contributed by atoms with E-state index in [1.807, 2.05) is 31.2 Å². The highest BCUT2D eigenvalue weighted by atomic mass is 35.5. The van der Waals surface area contributed by atoms with Crippen LogP contribution >= 0.6 is 12.4 Å². The van der Waals surface area contributed by atoms with Crippen LogP contribution in [0.4, 0.5) is 8.78 Å². The van der Waals surface area contributed by atoms with Gasteiger partial charge < -0.3 is 15.2 Å². The van der Waals surface area contributed by atoms with Gasteiger partial charge in [-0.2, -0.15) is 0 Å². The lowest BCUT2D eigenvalue weighted by Crippen LogP contribution is -2.19. The number of hydrogen-bond acceptors (Lipinski definition) is 5. The van der Waals surface area contributed by atoms with Crippen molar-refractivity contribution in [1.29, 1.82) is 0 Å². The lowest BCUT2D eigenvalue weighted by molar-refractivity contribution is -0.144. The molecule has 4 aromatic rings. The van der Waals surface area contributed by atoms with Crippen LogP contribution in [0.3, 0.4) is 0 Å². The minimum Gasteiger partial charge on any atom is -0.466 e. The lowest BCUT2D eigenvalue weighted by Gasteiger charge is -2.18. The van der Waals surface area contributed by atoms with Gasteiger partial charge in [0.1, 0.15) is 11.6 Å². The van der Waals surface area contributed by atoms with Gasteiger partial charge in [0.2, 0.25) is 0 Å². The third-order valence-corrected chi connectivity index (χ3v) is 9.87. The fourth-order valence-corrected chi connectivity index (χ4v) is 6.94. The molecular weight excluding hydrogens is 680 g/mol. The Hall–Kier alpha value is -4.07. The van der Waals surface area contributed by atoms with Crippen LogP contribution in [-0.2, 0) is 19.1 Å². The van der Waals surface area contributed by atoms with Crippen LogP contribution in [0.1, 0.15) is 122 Å². The van der Waals surface area contributed by atoms with E-state index in [2.05, 4.69) is 43.3 Å². The van der Waals surface area contributed by atoms with Gasteiger partial charge in [-0.05, 0) is 158 Å². The van der Waals surface area contributed by atoms with Crippen LogP contribution in [0.5, 0.6) is 0 Å². The molecule has 2 aliphatic carbocycles. The number of carbonyl (C=O) groups excluding carboxylic acids is 2. The van der Waals surface area contributed by atoms with Gasteiger partial charge in [0, 0.05) is 11.6 Å². The molecule has 0 radical (unpaired) electrons. The number of carbonyl (C=O) groups is 2. The largest absolute Gasteiger partial charge is 0.466 e. The number of halogens is 3. The zero-order chi connectivity index (χ0) is 36.8. The number of benzene rings is 4. The van der Waals surface area contributed by atoms with E-state index in [4.69, 9.17) is 15.2 Å². The highest BCUT2D eigenvalue weighted by Crippen LogP contribution is 2.47. The third kappa shape index (κ3) is 9.87. The molecule has 0 heterocycles. The van der Waals surface area contributed by atoms with Crippen LogP contribution in [0.15, 0.2) is 66.7 Å². The lowest BCUT2D eigenvalue weighted by atomic mass is 9.89. The Bertz CT molecular complexity index is 1880. The van der Waals surface area contributed by atoms with E-state index in [1.54, 1.807) is 33.8 Å². The van der Waals surface area contributed by atoms with Gasteiger partial charge in [0.15, 0.2) is 0 Å². The Morgan fingerprint density at radius 3 is 1.85 bits per heavy atom. The number of ether oxygens (including phenoxy) is 2. The minimum atomic E-state index is -0.721. The number of aryl methyl sites for hydroxylation is 3. The molecule has 5 nitrogen and oxygen atoms in total. The minimum absolute atomic E-state index is 0. The Labute approximate surface area is 313 Å². The summed E-state index contributed by atoms with van der Waals surface area (Å²) in [5, 5.41) is 0. The van der Waals surface area contributed by atoms with E-state index in [1.165, 1.54) is 53.5 Å². The molecule has 8 heteroatoms. The molecule has 0 saturated heterocycles. The summed E-state index contributed by atoms with van der Waals surface area (Å²) in [6.07, 6.45) is 5.01. The van der Waals surface area contributed by atoms with Gasteiger partial charge >= 0.3 is 11.9 Å². The molecule has 0 amide bonds. The molecule has 278 valence electrons. The van der Waals surface area contributed by atoms with E-state index < -0.39 is 12.0 Å². The number of hydrogen-bond donors (Lipinski definition) is 1. The fourth-order valence-electron chi connectivity index (χ4n) is 6.94. The highest BCUT2D eigenvalue weighted by Gasteiger charge is 2.29. The molecule has 6 rings (SSSR count). The van der Waals surface area contributed by atoms with Crippen molar-refractivity contribution in [3.05, 3.63) is 117 Å². The molecule has 0 aromatic heterocycles.